The third-order valence-electron chi connectivity index (χ3n) is 2.89. The molecule has 0 saturated heterocycles. The van der Waals surface area contributed by atoms with Crippen molar-refractivity contribution in [2.24, 2.45) is 5.73 Å². The molecule has 1 heterocycles. The van der Waals surface area contributed by atoms with E-state index in [0.717, 1.165) is 29.7 Å². The zero-order chi connectivity index (χ0) is 11.7. The van der Waals surface area contributed by atoms with E-state index in [-0.39, 0.29) is 6.04 Å². The fourth-order valence-electron chi connectivity index (χ4n) is 2.11. The molecule has 16 heavy (non-hydrogen) atoms. The van der Waals surface area contributed by atoms with Crippen molar-refractivity contribution in [3.05, 3.63) is 29.1 Å². The maximum absolute atomic E-state index is 6.06. The number of nitrogens with two attached hydrogens (primary N) is 1. The van der Waals surface area contributed by atoms with Crippen LogP contribution in [0.5, 0.6) is 0 Å². The van der Waals surface area contributed by atoms with Gasteiger partial charge in [0, 0.05) is 0 Å². The van der Waals surface area contributed by atoms with Crippen LogP contribution in [-0.2, 0) is 0 Å². The number of rotatable bonds is 3. The largest absolute Gasteiger partial charge is 0.341 e. The molecule has 0 bridgehead atoms. The SMILES string of the molecule is CCCC(N)c1nc2c(C)cc(C)cc2[nH]1. The quantitative estimate of drug-likeness (QED) is 0.830. The smallest absolute Gasteiger partial charge is 0.124 e. The van der Waals surface area contributed by atoms with Crippen molar-refractivity contribution >= 4 is 11.0 Å². The third kappa shape index (κ3) is 1.95. The summed E-state index contributed by atoms with van der Waals surface area (Å²) in [6.45, 7) is 6.32. The number of nitrogens with one attached hydrogen (secondary N) is 1. The van der Waals surface area contributed by atoms with Crippen LogP contribution in [-0.4, -0.2) is 9.97 Å². The first-order valence-electron chi connectivity index (χ1n) is 5.84. The fraction of sp³-hybridized carbons (Fsp3) is 0.462. The Morgan fingerprint density at radius 1 is 1.38 bits per heavy atom. The highest BCUT2D eigenvalue weighted by Crippen LogP contribution is 2.21. The molecule has 0 radical (unpaired) electrons. The molecule has 0 fully saturated rings. The number of aromatic nitrogens is 2. The number of hydrogen-bond donors (Lipinski definition) is 2. The van der Waals surface area contributed by atoms with E-state index in [4.69, 9.17) is 5.73 Å². The van der Waals surface area contributed by atoms with E-state index >= 15 is 0 Å². The van der Waals surface area contributed by atoms with Crippen molar-refractivity contribution in [2.45, 2.75) is 39.7 Å². The topological polar surface area (TPSA) is 54.7 Å². The number of aryl methyl sites for hydroxylation is 2. The second-order valence-electron chi connectivity index (χ2n) is 4.50. The number of aromatic amines is 1. The van der Waals surface area contributed by atoms with Gasteiger partial charge in [-0.15, -0.1) is 0 Å². The second kappa shape index (κ2) is 4.26. The van der Waals surface area contributed by atoms with Crippen molar-refractivity contribution in [1.29, 1.82) is 0 Å². The molecule has 3 heteroatoms. The van der Waals surface area contributed by atoms with Crippen molar-refractivity contribution in [1.82, 2.24) is 9.97 Å². The molecule has 0 saturated carbocycles. The van der Waals surface area contributed by atoms with Gasteiger partial charge in [-0.3, -0.25) is 0 Å². The summed E-state index contributed by atoms with van der Waals surface area (Å²) in [5.74, 6) is 0.908. The number of benzene rings is 1. The Kier molecular flexibility index (Phi) is 2.97. The third-order valence-corrected chi connectivity index (χ3v) is 2.89. The van der Waals surface area contributed by atoms with Crippen LogP contribution in [0.2, 0.25) is 0 Å². The van der Waals surface area contributed by atoms with Gasteiger partial charge in [0.05, 0.1) is 17.1 Å². The van der Waals surface area contributed by atoms with Crippen LogP contribution in [0.1, 0.15) is 42.8 Å². The fourth-order valence-corrected chi connectivity index (χ4v) is 2.11. The van der Waals surface area contributed by atoms with Gasteiger partial charge in [0.2, 0.25) is 0 Å². The first kappa shape index (κ1) is 11.1. The predicted molar refractivity (Wildman–Crippen MR) is 67.4 cm³/mol. The standard InChI is InChI=1S/C13H19N3/c1-4-5-10(14)13-15-11-7-8(2)6-9(3)12(11)16-13/h6-7,10H,4-5,14H2,1-3H3,(H,15,16). The van der Waals surface area contributed by atoms with E-state index in [9.17, 15) is 0 Å². The summed E-state index contributed by atoms with van der Waals surface area (Å²) >= 11 is 0. The molecule has 2 rings (SSSR count). The molecule has 2 aromatic rings. The first-order valence-corrected chi connectivity index (χ1v) is 5.84. The van der Waals surface area contributed by atoms with Crippen molar-refractivity contribution in [3.63, 3.8) is 0 Å². The Labute approximate surface area is 96.1 Å². The zero-order valence-electron chi connectivity index (χ0n) is 10.2. The van der Waals surface area contributed by atoms with Gasteiger partial charge in [0.15, 0.2) is 0 Å². The maximum atomic E-state index is 6.06. The molecule has 0 aliphatic carbocycles. The van der Waals surface area contributed by atoms with Gasteiger partial charge < -0.3 is 10.7 Å². The van der Waals surface area contributed by atoms with Crippen LogP contribution in [0, 0.1) is 13.8 Å². The number of H-pyrrole nitrogens is 1. The molecule has 1 aromatic carbocycles. The molecular formula is C13H19N3. The summed E-state index contributed by atoms with van der Waals surface area (Å²) < 4.78 is 0. The Morgan fingerprint density at radius 3 is 2.81 bits per heavy atom. The van der Waals surface area contributed by atoms with Crippen LogP contribution in [0.25, 0.3) is 11.0 Å². The Bertz CT molecular complexity index is 499. The van der Waals surface area contributed by atoms with Crippen LogP contribution in [0.3, 0.4) is 0 Å². The predicted octanol–water partition coefficient (Wildman–Crippen LogP) is 2.98. The maximum Gasteiger partial charge on any atom is 0.124 e. The lowest BCUT2D eigenvalue weighted by molar-refractivity contribution is 0.610. The van der Waals surface area contributed by atoms with E-state index in [1.807, 2.05) is 0 Å². The number of fused-ring (bicyclic) bond motifs is 1. The van der Waals surface area contributed by atoms with Gasteiger partial charge in [-0.1, -0.05) is 19.4 Å². The van der Waals surface area contributed by atoms with Crippen LogP contribution >= 0.6 is 0 Å². The molecule has 86 valence electrons. The molecule has 1 atom stereocenters. The van der Waals surface area contributed by atoms with E-state index in [1.54, 1.807) is 0 Å². The first-order chi connectivity index (χ1) is 7.61. The Hall–Kier alpha value is -1.35. The number of imidazole rings is 1. The van der Waals surface area contributed by atoms with Crippen LogP contribution in [0.4, 0.5) is 0 Å². The van der Waals surface area contributed by atoms with Crippen molar-refractivity contribution < 1.29 is 0 Å². The summed E-state index contributed by atoms with van der Waals surface area (Å²) in [5, 5.41) is 0. The minimum Gasteiger partial charge on any atom is -0.341 e. The lowest BCUT2D eigenvalue weighted by atomic mass is 10.1. The molecule has 3 N–H and O–H groups in total. The van der Waals surface area contributed by atoms with E-state index in [2.05, 4.69) is 42.9 Å². The minimum atomic E-state index is 0.0251. The van der Waals surface area contributed by atoms with E-state index in [0.29, 0.717) is 0 Å². The Morgan fingerprint density at radius 2 is 2.12 bits per heavy atom. The Balaban J connectivity index is 2.47. The lowest BCUT2D eigenvalue weighted by Crippen LogP contribution is -2.11. The van der Waals surface area contributed by atoms with Crippen LogP contribution < -0.4 is 5.73 Å². The summed E-state index contributed by atoms with van der Waals surface area (Å²) in [7, 11) is 0. The average molecular weight is 217 g/mol. The molecule has 3 nitrogen and oxygen atoms in total. The molecule has 0 aliphatic rings. The van der Waals surface area contributed by atoms with Gasteiger partial charge >= 0.3 is 0 Å². The van der Waals surface area contributed by atoms with E-state index < -0.39 is 0 Å². The van der Waals surface area contributed by atoms with Gasteiger partial charge in [0.1, 0.15) is 5.82 Å². The lowest BCUT2D eigenvalue weighted by Gasteiger charge is -2.04. The summed E-state index contributed by atoms with van der Waals surface area (Å²) in [4.78, 5) is 7.92. The van der Waals surface area contributed by atoms with Gasteiger partial charge in [-0.25, -0.2) is 4.98 Å². The highest BCUT2D eigenvalue weighted by molar-refractivity contribution is 5.79. The molecule has 1 aromatic heterocycles. The van der Waals surface area contributed by atoms with Gasteiger partial charge in [-0.2, -0.15) is 0 Å². The number of hydrogen-bond acceptors (Lipinski definition) is 2. The van der Waals surface area contributed by atoms with Crippen molar-refractivity contribution in [2.75, 3.05) is 0 Å². The van der Waals surface area contributed by atoms with E-state index in [1.165, 1.54) is 11.1 Å². The molecule has 0 amide bonds. The summed E-state index contributed by atoms with van der Waals surface area (Å²) in [6, 6.07) is 4.30. The summed E-state index contributed by atoms with van der Waals surface area (Å²) in [6.07, 6.45) is 2.05. The van der Waals surface area contributed by atoms with Gasteiger partial charge in [0.25, 0.3) is 0 Å². The molecule has 0 aliphatic heterocycles. The van der Waals surface area contributed by atoms with Gasteiger partial charge in [-0.05, 0) is 37.5 Å². The highest BCUT2D eigenvalue weighted by atomic mass is 15.0. The number of nitrogens with zero attached hydrogens (tertiary/aromatic N) is 1. The molecular weight excluding hydrogens is 198 g/mol. The second-order valence-corrected chi connectivity index (χ2v) is 4.50. The van der Waals surface area contributed by atoms with Crippen molar-refractivity contribution in [3.8, 4) is 0 Å². The van der Waals surface area contributed by atoms with Crippen LogP contribution in [0.15, 0.2) is 12.1 Å². The summed E-state index contributed by atoms with van der Waals surface area (Å²) in [5.41, 5.74) is 10.7. The zero-order valence-corrected chi connectivity index (χ0v) is 10.2. The molecule has 1 unspecified atom stereocenters. The average Bonchev–Trinajstić information content (AvgIpc) is 2.62. The normalized spacial score (nSPS) is 13.2. The molecule has 0 spiro atoms. The minimum absolute atomic E-state index is 0.0251. The monoisotopic (exact) mass is 217 g/mol. The highest BCUT2D eigenvalue weighted by Gasteiger charge is 2.11.